The van der Waals surface area contributed by atoms with Gasteiger partial charge in [-0.25, -0.2) is 4.39 Å². The van der Waals surface area contributed by atoms with E-state index in [4.69, 9.17) is 4.74 Å². The van der Waals surface area contributed by atoms with Crippen molar-refractivity contribution in [1.82, 2.24) is 5.32 Å². The lowest BCUT2D eigenvalue weighted by atomic mass is 9.94. The van der Waals surface area contributed by atoms with Crippen LogP contribution in [0.25, 0.3) is 0 Å². The van der Waals surface area contributed by atoms with E-state index >= 15 is 0 Å². The Morgan fingerprint density at radius 3 is 2.81 bits per heavy atom. The van der Waals surface area contributed by atoms with Crippen LogP contribution in [0, 0.1) is 5.82 Å². The maximum atomic E-state index is 14.4. The molecule has 0 aromatic heterocycles. The van der Waals surface area contributed by atoms with Gasteiger partial charge in [0.05, 0.1) is 11.3 Å². The van der Waals surface area contributed by atoms with E-state index in [0.717, 1.165) is 31.5 Å². The molecule has 3 nitrogen and oxygen atoms in total. The molecule has 1 fully saturated rings. The second-order valence-electron chi connectivity index (χ2n) is 6.50. The van der Waals surface area contributed by atoms with Crippen molar-refractivity contribution in [3.05, 3.63) is 29.6 Å². The number of nitrogens with zero attached hydrogens (tertiary/aromatic N) is 1. The van der Waals surface area contributed by atoms with Crippen LogP contribution in [0.15, 0.2) is 18.2 Å². The van der Waals surface area contributed by atoms with Gasteiger partial charge in [-0.15, -0.1) is 0 Å². The molecule has 1 unspecified atom stereocenters. The maximum Gasteiger partial charge on any atom is 0.146 e. The number of hydrogen-bond acceptors (Lipinski definition) is 3. The number of hydrogen-bond donors (Lipinski definition) is 1. The molecule has 1 aliphatic rings. The number of rotatable bonds is 5. The minimum Gasteiger partial charge on any atom is -0.377 e. The van der Waals surface area contributed by atoms with Crippen LogP contribution in [0.2, 0.25) is 0 Å². The lowest BCUT2D eigenvalue weighted by Gasteiger charge is -2.40. The topological polar surface area (TPSA) is 24.5 Å². The molecule has 0 bridgehead atoms. The van der Waals surface area contributed by atoms with Crippen LogP contribution in [0.4, 0.5) is 10.1 Å². The van der Waals surface area contributed by atoms with Crippen LogP contribution in [-0.2, 0) is 11.3 Å². The first-order valence-corrected chi connectivity index (χ1v) is 7.75. The van der Waals surface area contributed by atoms with E-state index in [9.17, 15) is 4.39 Å². The molecule has 1 atom stereocenters. The van der Waals surface area contributed by atoms with Gasteiger partial charge < -0.3 is 15.0 Å². The summed E-state index contributed by atoms with van der Waals surface area (Å²) in [7, 11) is 1.74. The highest BCUT2D eigenvalue weighted by molar-refractivity contribution is 5.50. The largest absolute Gasteiger partial charge is 0.377 e. The molecule has 0 spiro atoms. The summed E-state index contributed by atoms with van der Waals surface area (Å²) in [5.41, 5.74) is 1.49. The molecule has 1 aliphatic heterocycles. The Kier molecular flexibility index (Phi) is 5.22. The minimum atomic E-state index is -0.178. The summed E-state index contributed by atoms with van der Waals surface area (Å²) in [5.74, 6) is -0.140. The van der Waals surface area contributed by atoms with Crippen LogP contribution in [0.3, 0.4) is 0 Å². The SMILES string of the molecule is COC1(C)CCCN(c2ccc(CNC(C)C)cc2F)C1. The van der Waals surface area contributed by atoms with E-state index in [1.165, 1.54) is 0 Å². The lowest BCUT2D eigenvalue weighted by molar-refractivity contribution is -0.00477. The van der Waals surface area contributed by atoms with Crippen LogP contribution in [-0.4, -0.2) is 31.8 Å². The number of ether oxygens (including phenoxy) is 1. The molecule has 0 amide bonds. The Morgan fingerprint density at radius 1 is 1.43 bits per heavy atom. The van der Waals surface area contributed by atoms with E-state index in [1.54, 1.807) is 13.2 Å². The number of anilines is 1. The van der Waals surface area contributed by atoms with Crippen LogP contribution in [0.1, 0.15) is 39.2 Å². The first-order valence-electron chi connectivity index (χ1n) is 7.75. The maximum absolute atomic E-state index is 14.4. The molecule has 1 aromatic carbocycles. The molecule has 4 heteroatoms. The molecule has 21 heavy (non-hydrogen) atoms. The molecule has 0 saturated carbocycles. The van der Waals surface area contributed by atoms with Crippen molar-refractivity contribution in [2.24, 2.45) is 0 Å². The van der Waals surface area contributed by atoms with Crippen molar-refractivity contribution in [2.45, 2.75) is 51.8 Å². The smallest absolute Gasteiger partial charge is 0.146 e. The summed E-state index contributed by atoms with van der Waals surface area (Å²) in [6.45, 7) is 8.60. The Labute approximate surface area is 127 Å². The van der Waals surface area contributed by atoms with Crippen molar-refractivity contribution in [2.75, 3.05) is 25.1 Å². The average Bonchev–Trinajstić information content (AvgIpc) is 2.45. The molecule has 0 radical (unpaired) electrons. The lowest BCUT2D eigenvalue weighted by Crippen LogP contribution is -2.47. The van der Waals surface area contributed by atoms with E-state index in [1.807, 2.05) is 12.1 Å². The predicted molar refractivity (Wildman–Crippen MR) is 85.2 cm³/mol. The fourth-order valence-corrected chi connectivity index (χ4v) is 2.82. The average molecular weight is 294 g/mol. The molecule has 1 heterocycles. The van der Waals surface area contributed by atoms with E-state index in [-0.39, 0.29) is 11.4 Å². The molecule has 1 N–H and O–H groups in total. The number of piperidine rings is 1. The summed E-state index contributed by atoms with van der Waals surface area (Å²) < 4.78 is 20.0. The summed E-state index contributed by atoms with van der Waals surface area (Å²) in [4.78, 5) is 2.10. The van der Waals surface area contributed by atoms with Gasteiger partial charge in [0.2, 0.25) is 0 Å². The fraction of sp³-hybridized carbons (Fsp3) is 0.647. The van der Waals surface area contributed by atoms with Gasteiger partial charge in [-0.05, 0) is 37.5 Å². The van der Waals surface area contributed by atoms with E-state index in [2.05, 4.69) is 31.0 Å². The Morgan fingerprint density at radius 2 is 2.19 bits per heavy atom. The van der Waals surface area contributed by atoms with Crippen molar-refractivity contribution >= 4 is 5.69 Å². The van der Waals surface area contributed by atoms with E-state index < -0.39 is 0 Å². The molecular formula is C17H27FN2O. The number of methoxy groups -OCH3 is 1. The van der Waals surface area contributed by atoms with Gasteiger partial charge in [0.15, 0.2) is 0 Å². The van der Waals surface area contributed by atoms with Gasteiger partial charge in [-0.2, -0.15) is 0 Å². The zero-order chi connectivity index (χ0) is 15.5. The van der Waals surface area contributed by atoms with Gasteiger partial charge in [-0.3, -0.25) is 0 Å². The molecule has 118 valence electrons. The molecule has 2 rings (SSSR count). The Balaban J connectivity index is 2.10. The number of benzene rings is 1. The van der Waals surface area contributed by atoms with E-state index in [0.29, 0.717) is 18.3 Å². The third kappa shape index (κ3) is 4.17. The van der Waals surface area contributed by atoms with Gasteiger partial charge in [0.1, 0.15) is 5.82 Å². The number of nitrogens with one attached hydrogen (secondary N) is 1. The summed E-state index contributed by atoms with van der Waals surface area (Å²) >= 11 is 0. The monoisotopic (exact) mass is 294 g/mol. The van der Waals surface area contributed by atoms with Crippen LogP contribution >= 0.6 is 0 Å². The molecule has 0 aliphatic carbocycles. The molecular weight excluding hydrogens is 267 g/mol. The minimum absolute atomic E-state index is 0.140. The highest BCUT2D eigenvalue weighted by Crippen LogP contribution is 2.29. The highest BCUT2D eigenvalue weighted by atomic mass is 19.1. The summed E-state index contributed by atoms with van der Waals surface area (Å²) in [6.07, 6.45) is 2.05. The normalized spacial score (nSPS) is 22.9. The first-order chi connectivity index (χ1) is 9.93. The Bertz CT molecular complexity index is 478. The summed E-state index contributed by atoms with van der Waals surface area (Å²) in [5, 5.41) is 3.31. The van der Waals surface area contributed by atoms with Crippen molar-refractivity contribution in [3.8, 4) is 0 Å². The Hall–Kier alpha value is -1.13. The number of halogens is 1. The summed E-state index contributed by atoms with van der Waals surface area (Å²) in [6, 6.07) is 5.95. The standard InChI is InChI=1S/C17H27FN2O/c1-13(2)19-11-14-6-7-16(15(18)10-14)20-9-5-8-17(3,12-20)21-4/h6-7,10,13,19H,5,8-9,11-12H2,1-4H3. The third-order valence-corrected chi connectivity index (χ3v) is 4.22. The molecule has 1 saturated heterocycles. The first kappa shape index (κ1) is 16.2. The van der Waals surface area contributed by atoms with Crippen LogP contribution in [0.5, 0.6) is 0 Å². The second kappa shape index (κ2) is 6.75. The molecule has 1 aromatic rings. The fourth-order valence-electron chi connectivity index (χ4n) is 2.82. The predicted octanol–water partition coefficient (Wildman–Crippen LogP) is 3.33. The highest BCUT2D eigenvalue weighted by Gasteiger charge is 2.31. The van der Waals surface area contributed by atoms with Crippen molar-refractivity contribution in [3.63, 3.8) is 0 Å². The van der Waals surface area contributed by atoms with Gasteiger partial charge >= 0.3 is 0 Å². The van der Waals surface area contributed by atoms with Crippen molar-refractivity contribution in [1.29, 1.82) is 0 Å². The quantitative estimate of drug-likeness (QED) is 0.901. The van der Waals surface area contributed by atoms with Crippen molar-refractivity contribution < 1.29 is 9.13 Å². The zero-order valence-corrected chi connectivity index (χ0v) is 13.6. The van der Waals surface area contributed by atoms with Gasteiger partial charge in [0, 0.05) is 32.8 Å². The third-order valence-electron chi connectivity index (χ3n) is 4.22. The zero-order valence-electron chi connectivity index (χ0n) is 13.6. The van der Waals surface area contributed by atoms with Gasteiger partial charge in [0.25, 0.3) is 0 Å². The van der Waals surface area contributed by atoms with Crippen LogP contribution < -0.4 is 10.2 Å². The van der Waals surface area contributed by atoms with Gasteiger partial charge in [-0.1, -0.05) is 19.9 Å². The second-order valence-corrected chi connectivity index (χ2v) is 6.50.